The molecule has 0 fully saturated rings. The first kappa shape index (κ1) is 37.8. The number of esters is 2. The van der Waals surface area contributed by atoms with Crippen LogP contribution in [-0.2, 0) is 16.0 Å². The Balaban J connectivity index is 1.29. The van der Waals surface area contributed by atoms with E-state index in [4.69, 9.17) is 19.5 Å². The lowest BCUT2D eigenvalue weighted by Gasteiger charge is -2.11. The average molecular weight is 723 g/mol. The van der Waals surface area contributed by atoms with Crippen LogP contribution in [0.1, 0.15) is 55.6 Å². The van der Waals surface area contributed by atoms with Crippen LogP contribution in [0.15, 0.2) is 156 Å². The number of nitrogens with zero attached hydrogens (tertiary/aromatic N) is 2. The number of aliphatic imine (C=N–C) groups is 2. The molecule has 272 valence electrons. The Bertz CT molecular complexity index is 2260. The van der Waals surface area contributed by atoms with E-state index < -0.39 is 11.9 Å². The predicted octanol–water partition coefficient (Wildman–Crippen LogP) is 11.2. The number of aryl methyl sites for hydroxylation is 4. The molecule has 0 aromatic heterocycles. The zero-order valence-corrected chi connectivity index (χ0v) is 31.4. The lowest BCUT2D eigenvalue weighted by molar-refractivity contribution is -0.129. The van der Waals surface area contributed by atoms with Gasteiger partial charge in [0.2, 0.25) is 0 Å². The molecule has 0 amide bonds. The maximum Gasteiger partial charge on any atom is 0.336 e. The number of rotatable bonds is 12. The van der Waals surface area contributed by atoms with Gasteiger partial charge in [0, 0.05) is 35.7 Å². The fourth-order valence-corrected chi connectivity index (χ4v) is 5.96. The Morgan fingerprint density at radius 2 is 0.927 bits per heavy atom. The monoisotopic (exact) mass is 722 g/mol. The maximum absolute atomic E-state index is 12.9. The third-order valence-corrected chi connectivity index (χ3v) is 8.79. The predicted molar refractivity (Wildman–Crippen MR) is 224 cm³/mol. The molecule has 0 heterocycles. The Labute approximate surface area is 322 Å². The molecule has 0 aliphatic rings. The lowest BCUT2D eigenvalue weighted by Crippen LogP contribution is -2.07. The van der Waals surface area contributed by atoms with Gasteiger partial charge in [-0.1, -0.05) is 108 Å². The van der Waals surface area contributed by atoms with Gasteiger partial charge in [-0.25, -0.2) is 9.59 Å². The van der Waals surface area contributed by atoms with Crippen molar-refractivity contribution in [3.05, 3.63) is 201 Å². The van der Waals surface area contributed by atoms with Gasteiger partial charge in [-0.05, 0) is 116 Å². The molecule has 0 aliphatic heterocycles. The Morgan fingerprint density at radius 1 is 0.509 bits per heavy atom. The summed E-state index contributed by atoms with van der Waals surface area (Å²) in [7, 11) is 0. The van der Waals surface area contributed by atoms with Crippen LogP contribution in [0.2, 0.25) is 0 Å². The van der Waals surface area contributed by atoms with Crippen LogP contribution in [0.5, 0.6) is 11.5 Å². The van der Waals surface area contributed by atoms with Gasteiger partial charge < -0.3 is 9.47 Å². The van der Waals surface area contributed by atoms with E-state index in [2.05, 4.69) is 12.1 Å². The molecule has 6 aromatic carbocycles. The van der Waals surface area contributed by atoms with Gasteiger partial charge in [0.25, 0.3) is 0 Å². The van der Waals surface area contributed by atoms with E-state index in [1.807, 2.05) is 137 Å². The SMILES string of the molecule is Cc1ccc(N=Cc2cc(Cc3ccc(OC(=O)/C=C/c4ccccc4)c(C=Nc4ccc(C)cc4C)c3)ccc2OC(=O)/C=C/c2ccccc2)c(C)c1. The van der Waals surface area contributed by atoms with E-state index >= 15 is 0 Å². The van der Waals surface area contributed by atoms with Gasteiger partial charge in [0.1, 0.15) is 11.5 Å². The summed E-state index contributed by atoms with van der Waals surface area (Å²) in [6, 6.07) is 42.7. The third kappa shape index (κ3) is 11.0. The molecule has 6 heteroatoms. The maximum atomic E-state index is 12.9. The van der Waals surface area contributed by atoms with Crippen LogP contribution in [0.3, 0.4) is 0 Å². The Hall–Kier alpha value is -6.92. The second-order valence-corrected chi connectivity index (χ2v) is 13.3. The van der Waals surface area contributed by atoms with Gasteiger partial charge in [0.15, 0.2) is 0 Å². The molecule has 0 spiro atoms. The van der Waals surface area contributed by atoms with E-state index in [-0.39, 0.29) is 0 Å². The van der Waals surface area contributed by atoms with Crippen molar-refractivity contribution in [3.8, 4) is 11.5 Å². The number of ether oxygens (including phenoxy) is 2. The van der Waals surface area contributed by atoms with Gasteiger partial charge in [-0.15, -0.1) is 0 Å². The molecular weight excluding hydrogens is 681 g/mol. The summed E-state index contributed by atoms with van der Waals surface area (Å²) < 4.78 is 11.7. The summed E-state index contributed by atoms with van der Waals surface area (Å²) in [5.41, 5.74) is 11.1. The highest BCUT2D eigenvalue weighted by Gasteiger charge is 2.12. The standard InChI is InChI=1S/C49H42N2O4/c1-34-15-21-44(36(3)27-34)50-32-42-30-40(17-23-46(42)54-48(52)25-19-38-11-7-5-8-12-38)29-41-18-24-47(55-49(53)26-20-39-13-9-6-10-14-39)43(31-41)33-51-45-22-16-35(2)28-37(45)4/h5-28,30-33H,29H2,1-4H3/b25-19+,26-20+,50-32?,51-33?. The quantitative estimate of drug-likeness (QED) is 0.0545. The molecule has 0 bridgehead atoms. The molecule has 0 saturated carbocycles. The van der Waals surface area contributed by atoms with Crippen molar-refractivity contribution in [1.29, 1.82) is 0 Å². The first-order valence-electron chi connectivity index (χ1n) is 18.1. The second-order valence-electron chi connectivity index (χ2n) is 13.3. The van der Waals surface area contributed by atoms with Gasteiger partial charge in [0.05, 0.1) is 11.4 Å². The van der Waals surface area contributed by atoms with Crippen LogP contribution in [0.25, 0.3) is 12.2 Å². The van der Waals surface area contributed by atoms with Crippen LogP contribution in [-0.4, -0.2) is 24.4 Å². The largest absolute Gasteiger partial charge is 0.423 e. The molecule has 6 nitrogen and oxygen atoms in total. The third-order valence-electron chi connectivity index (χ3n) is 8.79. The molecule has 0 unspecified atom stereocenters. The van der Waals surface area contributed by atoms with E-state index in [0.29, 0.717) is 29.0 Å². The zero-order valence-electron chi connectivity index (χ0n) is 31.4. The second kappa shape index (κ2) is 18.2. The minimum atomic E-state index is -0.491. The van der Waals surface area contributed by atoms with Crippen molar-refractivity contribution in [3.63, 3.8) is 0 Å². The number of carbonyl (C=O) groups excluding carboxylic acids is 2. The highest BCUT2D eigenvalue weighted by molar-refractivity contribution is 5.93. The molecule has 6 aromatic rings. The molecule has 0 atom stereocenters. The van der Waals surface area contributed by atoms with Crippen molar-refractivity contribution in [2.75, 3.05) is 0 Å². The number of hydrogen-bond donors (Lipinski definition) is 0. The molecule has 0 aliphatic carbocycles. The highest BCUT2D eigenvalue weighted by atomic mass is 16.5. The Morgan fingerprint density at radius 3 is 1.33 bits per heavy atom. The molecule has 55 heavy (non-hydrogen) atoms. The molecule has 0 saturated heterocycles. The summed E-state index contributed by atoms with van der Waals surface area (Å²) in [4.78, 5) is 35.4. The first-order valence-corrected chi connectivity index (χ1v) is 18.1. The smallest absolute Gasteiger partial charge is 0.336 e. The van der Waals surface area contributed by atoms with Crippen molar-refractivity contribution in [2.45, 2.75) is 34.1 Å². The minimum absolute atomic E-state index is 0.395. The lowest BCUT2D eigenvalue weighted by atomic mass is 10.0. The van der Waals surface area contributed by atoms with Gasteiger partial charge in [-0.2, -0.15) is 0 Å². The molecule has 0 N–H and O–H groups in total. The Kier molecular flexibility index (Phi) is 12.5. The van der Waals surface area contributed by atoms with Crippen molar-refractivity contribution < 1.29 is 19.1 Å². The fraction of sp³-hybridized carbons (Fsp3) is 0.102. The van der Waals surface area contributed by atoms with Crippen LogP contribution < -0.4 is 9.47 Å². The van der Waals surface area contributed by atoms with E-state index in [1.165, 1.54) is 12.2 Å². The molecule has 6 rings (SSSR count). The van der Waals surface area contributed by atoms with E-state index in [9.17, 15) is 9.59 Å². The number of benzene rings is 6. The van der Waals surface area contributed by atoms with Crippen LogP contribution in [0.4, 0.5) is 11.4 Å². The normalized spacial score (nSPS) is 11.6. The summed E-state index contributed by atoms with van der Waals surface area (Å²) in [6.45, 7) is 8.13. The zero-order chi connectivity index (χ0) is 38.6. The van der Waals surface area contributed by atoms with Crippen LogP contribution >= 0.6 is 0 Å². The van der Waals surface area contributed by atoms with E-state index in [0.717, 1.165) is 55.9 Å². The minimum Gasteiger partial charge on any atom is -0.423 e. The topological polar surface area (TPSA) is 77.3 Å². The van der Waals surface area contributed by atoms with Gasteiger partial charge in [-0.3, -0.25) is 9.98 Å². The summed E-state index contributed by atoms with van der Waals surface area (Å²) in [6.07, 6.45) is 10.3. The van der Waals surface area contributed by atoms with Crippen molar-refractivity contribution >= 4 is 47.9 Å². The number of carbonyl (C=O) groups is 2. The van der Waals surface area contributed by atoms with Crippen LogP contribution in [0, 0.1) is 27.7 Å². The average Bonchev–Trinajstić information content (AvgIpc) is 3.18. The number of hydrogen-bond acceptors (Lipinski definition) is 6. The summed E-state index contributed by atoms with van der Waals surface area (Å²) >= 11 is 0. The van der Waals surface area contributed by atoms with Crippen molar-refractivity contribution in [2.24, 2.45) is 9.98 Å². The molecule has 0 radical (unpaired) electrons. The molecular formula is C49H42N2O4. The van der Waals surface area contributed by atoms with Gasteiger partial charge >= 0.3 is 11.9 Å². The van der Waals surface area contributed by atoms with Crippen molar-refractivity contribution in [1.82, 2.24) is 0 Å². The summed E-state index contributed by atoms with van der Waals surface area (Å²) in [5, 5.41) is 0. The first-order chi connectivity index (χ1) is 26.7. The van der Waals surface area contributed by atoms with E-state index in [1.54, 1.807) is 36.7 Å². The highest BCUT2D eigenvalue weighted by Crippen LogP contribution is 2.27. The fourth-order valence-electron chi connectivity index (χ4n) is 5.96. The summed E-state index contributed by atoms with van der Waals surface area (Å²) in [5.74, 6) is -0.192.